The first kappa shape index (κ1) is 20.1. The van der Waals surface area contributed by atoms with E-state index in [4.69, 9.17) is 5.73 Å². The molecule has 1 rings (SSSR count). The van der Waals surface area contributed by atoms with Crippen LogP contribution in [0.3, 0.4) is 0 Å². The lowest BCUT2D eigenvalue weighted by Gasteiger charge is -2.32. The van der Waals surface area contributed by atoms with E-state index in [1.54, 1.807) is 0 Å². The fourth-order valence-corrected chi connectivity index (χ4v) is 2.34. The second kappa shape index (κ2) is 7.76. The summed E-state index contributed by atoms with van der Waals surface area (Å²) in [5.74, 6) is -1.54. The molecule has 6 N–H and O–H groups in total. The summed E-state index contributed by atoms with van der Waals surface area (Å²) in [6.07, 6.45) is -0.843. The van der Waals surface area contributed by atoms with Crippen LogP contribution in [0.25, 0.3) is 0 Å². The van der Waals surface area contributed by atoms with Crippen molar-refractivity contribution in [3.8, 4) is 0 Å². The third kappa shape index (κ3) is 5.93. The molecule has 1 aliphatic carbocycles. The van der Waals surface area contributed by atoms with Gasteiger partial charge in [0.2, 0.25) is 17.7 Å². The number of carbonyl (C=O) groups is 3. The van der Waals surface area contributed by atoms with E-state index in [2.05, 4.69) is 10.6 Å². The third-order valence-electron chi connectivity index (χ3n) is 3.66. The van der Waals surface area contributed by atoms with E-state index in [-0.39, 0.29) is 29.7 Å². The molecule has 0 unspecified atom stereocenters. The molecular weight excluding hydrogens is 314 g/mol. The lowest BCUT2D eigenvalue weighted by atomic mass is 9.88. The normalized spacial score (nSPS) is 25.4. The molecule has 8 nitrogen and oxygen atoms in total. The Morgan fingerprint density at radius 3 is 2.42 bits per heavy atom. The molecule has 0 aromatic carbocycles. The van der Waals surface area contributed by atoms with Crippen molar-refractivity contribution in [1.29, 1.82) is 0 Å². The lowest BCUT2D eigenvalue weighted by Crippen LogP contribution is -2.52. The van der Waals surface area contributed by atoms with Crippen molar-refractivity contribution >= 4 is 17.7 Å². The van der Waals surface area contributed by atoms with Crippen molar-refractivity contribution in [2.75, 3.05) is 0 Å². The van der Waals surface area contributed by atoms with E-state index in [0.29, 0.717) is 0 Å². The van der Waals surface area contributed by atoms with Crippen LogP contribution in [0.15, 0.2) is 11.6 Å². The number of hydrogen-bond donors (Lipinski definition) is 5. The van der Waals surface area contributed by atoms with Crippen LogP contribution in [0, 0.1) is 5.41 Å². The number of hydrogen-bond acceptors (Lipinski definition) is 5. The van der Waals surface area contributed by atoms with Gasteiger partial charge in [0.15, 0.2) is 0 Å². The Balaban J connectivity index is 2.85. The van der Waals surface area contributed by atoms with Gasteiger partial charge in [0.05, 0.1) is 12.1 Å². The Bertz CT molecular complexity index is 538. The topological polar surface area (TPSA) is 142 Å². The van der Waals surface area contributed by atoms with Crippen LogP contribution in [-0.4, -0.2) is 52.2 Å². The Morgan fingerprint density at radius 1 is 1.33 bits per heavy atom. The number of nitrogens with two attached hydrogens (primary N) is 1. The van der Waals surface area contributed by atoms with Crippen molar-refractivity contribution in [2.45, 2.75) is 64.8 Å². The summed E-state index contributed by atoms with van der Waals surface area (Å²) < 4.78 is 0. The van der Waals surface area contributed by atoms with Crippen molar-refractivity contribution in [3.05, 3.63) is 11.6 Å². The van der Waals surface area contributed by atoms with E-state index in [1.165, 1.54) is 13.0 Å². The average Bonchev–Trinajstić information content (AvgIpc) is 2.41. The number of amides is 3. The Labute approximate surface area is 141 Å². The summed E-state index contributed by atoms with van der Waals surface area (Å²) in [7, 11) is 0. The fraction of sp³-hybridized carbons (Fsp3) is 0.688. The maximum absolute atomic E-state index is 12.1. The molecule has 0 fully saturated rings. The molecule has 0 bridgehead atoms. The van der Waals surface area contributed by atoms with Crippen LogP contribution in [0.5, 0.6) is 0 Å². The van der Waals surface area contributed by atoms with E-state index in [1.807, 2.05) is 20.8 Å². The molecule has 0 heterocycles. The molecule has 0 spiro atoms. The molecule has 0 aliphatic heterocycles. The number of nitrogens with one attached hydrogen (secondary N) is 2. The molecule has 0 saturated heterocycles. The highest BCUT2D eigenvalue weighted by molar-refractivity contribution is 5.97. The van der Waals surface area contributed by atoms with E-state index in [9.17, 15) is 24.6 Å². The van der Waals surface area contributed by atoms with Crippen LogP contribution < -0.4 is 16.4 Å². The zero-order valence-corrected chi connectivity index (χ0v) is 14.5. The maximum Gasteiger partial charge on any atom is 0.247 e. The first-order valence-electron chi connectivity index (χ1n) is 7.87. The van der Waals surface area contributed by atoms with Crippen LogP contribution in [0.1, 0.15) is 40.5 Å². The van der Waals surface area contributed by atoms with Gasteiger partial charge in [-0.25, -0.2) is 0 Å². The van der Waals surface area contributed by atoms with Crippen molar-refractivity contribution in [1.82, 2.24) is 10.6 Å². The first-order valence-corrected chi connectivity index (χ1v) is 7.87. The average molecular weight is 341 g/mol. The minimum atomic E-state index is -1.21. The number of rotatable bonds is 5. The van der Waals surface area contributed by atoms with Gasteiger partial charge in [0.1, 0.15) is 12.1 Å². The summed E-state index contributed by atoms with van der Waals surface area (Å²) in [5, 5.41) is 25.0. The molecule has 0 saturated carbocycles. The summed E-state index contributed by atoms with van der Waals surface area (Å²) >= 11 is 0. The number of aliphatic hydroxyl groups is 2. The van der Waals surface area contributed by atoms with Gasteiger partial charge in [0.25, 0.3) is 0 Å². The van der Waals surface area contributed by atoms with E-state index >= 15 is 0 Å². The largest absolute Gasteiger partial charge is 0.390 e. The zero-order valence-electron chi connectivity index (χ0n) is 14.5. The van der Waals surface area contributed by atoms with E-state index in [0.717, 1.165) is 0 Å². The highest BCUT2D eigenvalue weighted by Gasteiger charge is 2.34. The molecule has 4 atom stereocenters. The van der Waals surface area contributed by atoms with Crippen LogP contribution in [0.4, 0.5) is 0 Å². The summed E-state index contributed by atoms with van der Waals surface area (Å²) in [5.41, 5.74) is 5.04. The lowest BCUT2D eigenvalue weighted by molar-refractivity contribution is -0.126. The Morgan fingerprint density at radius 2 is 1.92 bits per heavy atom. The summed E-state index contributed by atoms with van der Waals surface area (Å²) in [6.45, 7) is 7.15. The van der Waals surface area contributed by atoms with Crippen LogP contribution in [-0.2, 0) is 14.4 Å². The van der Waals surface area contributed by atoms with Crippen molar-refractivity contribution in [2.24, 2.45) is 11.1 Å². The first-order chi connectivity index (χ1) is 10.9. The molecule has 0 aromatic rings. The monoisotopic (exact) mass is 341 g/mol. The van der Waals surface area contributed by atoms with Crippen LogP contribution >= 0.6 is 0 Å². The Kier molecular flexibility index (Phi) is 6.50. The second-order valence-corrected chi connectivity index (χ2v) is 7.38. The minimum Gasteiger partial charge on any atom is -0.390 e. The number of aliphatic hydroxyl groups excluding tert-OH is 2. The molecule has 3 amide bonds. The highest BCUT2D eigenvalue weighted by Crippen LogP contribution is 2.22. The maximum atomic E-state index is 12.1. The van der Waals surface area contributed by atoms with Crippen LogP contribution in [0.2, 0.25) is 0 Å². The molecule has 0 aromatic heterocycles. The quantitative estimate of drug-likeness (QED) is 0.434. The predicted molar refractivity (Wildman–Crippen MR) is 87.5 cm³/mol. The number of primary amides is 1. The minimum absolute atomic E-state index is 0.0792. The zero-order chi connectivity index (χ0) is 18.7. The van der Waals surface area contributed by atoms with Gasteiger partial charge in [0, 0.05) is 18.4 Å². The molecule has 136 valence electrons. The predicted octanol–water partition coefficient (Wildman–Crippen LogP) is -1.05. The van der Waals surface area contributed by atoms with Gasteiger partial charge in [-0.1, -0.05) is 26.8 Å². The highest BCUT2D eigenvalue weighted by atomic mass is 16.3. The molecule has 8 heteroatoms. The second-order valence-electron chi connectivity index (χ2n) is 7.38. The fourth-order valence-electron chi connectivity index (χ4n) is 2.34. The van der Waals surface area contributed by atoms with Crippen molar-refractivity contribution < 1.29 is 24.6 Å². The SMILES string of the molecule is C[C@@H](NC(=O)C1=C[C@@H](NC(=O)CC(C)(C)C)[C@@H](O)[C@H](O)C1)C(N)=O. The standard InChI is InChI=1S/C16H27N3O5/c1-8(14(17)23)18-15(24)9-5-10(13(22)11(20)6-9)19-12(21)7-16(2,3)4/h5,8,10-11,13,20,22H,6-7H2,1-4H3,(H2,17,23)(H,18,24)(H,19,21)/t8-,10-,11-,13-/m1/s1. The van der Waals surface area contributed by atoms with Gasteiger partial charge in [-0.2, -0.15) is 0 Å². The number of carbonyl (C=O) groups excluding carboxylic acids is 3. The summed E-state index contributed by atoms with van der Waals surface area (Å²) in [4.78, 5) is 35.2. The Hall–Kier alpha value is -1.93. The molecular formula is C16H27N3O5. The third-order valence-corrected chi connectivity index (χ3v) is 3.66. The van der Waals surface area contributed by atoms with Gasteiger partial charge in [-0.3, -0.25) is 14.4 Å². The van der Waals surface area contributed by atoms with Gasteiger partial charge < -0.3 is 26.6 Å². The van der Waals surface area contributed by atoms with Gasteiger partial charge in [-0.15, -0.1) is 0 Å². The van der Waals surface area contributed by atoms with Gasteiger partial charge in [-0.05, 0) is 12.3 Å². The summed E-state index contributed by atoms with van der Waals surface area (Å²) in [6, 6.07) is -1.75. The molecule has 24 heavy (non-hydrogen) atoms. The van der Waals surface area contributed by atoms with Gasteiger partial charge >= 0.3 is 0 Å². The smallest absolute Gasteiger partial charge is 0.247 e. The molecule has 1 aliphatic rings. The van der Waals surface area contributed by atoms with E-state index < -0.39 is 36.1 Å². The molecule has 0 radical (unpaired) electrons. The van der Waals surface area contributed by atoms with Crippen molar-refractivity contribution in [3.63, 3.8) is 0 Å².